The molecule has 1 unspecified atom stereocenters. The Labute approximate surface area is 188 Å². The summed E-state index contributed by atoms with van der Waals surface area (Å²) >= 11 is 0. The number of halogens is 1. The second-order valence-corrected chi connectivity index (χ2v) is 9.29. The fourth-order valence-corrected chi connectivity index (χ4v) is 3.64. The zero-order valence-electron chi connectivity index (χ0n) is 18.0. The topological polar surface area (TPSA) is 136 Å². The number of nitrogens with zero attached hydrogens (tertiary/aromatic N) is 7. The number of pyridine rings is 1. The van der Waals surface area contributed by atoms with Crippen molar-refractivity contribution in [3.63, 3.8) is 0 Å². The first-order valence-corrected chi connectivity index (χ1v) is 11.8. The zero-order chi connectivity index (χ0) is 23.8. The van der Waals surface area contributed by atoms with Gasteiger partial charge in [-0.3, -0.25) is 14.4 Å². The molecule has 174 valence electrons. The highest BCUT2D eigenvalue weighted by atomic mass is 31.2. The molecule has 3 aromatic rings. The maximum atomic E-state index is 14.9. The Morgan fingerprint density at radius 1 is 1.36 bits per heavy atom. The van der Waals surface area contributed by atoms with Gasteiger partial charge in [-0.15, -0.1) is 5.10 Å². The van der Waals surface area contributed by atoms with Crippen LogP contribution in [0.3, 0.4) is 0 Å². The van der Waals surface area contributed by atoms with Crippen LogP contribution in [0.4, 0.5) is 26.6 Å². The Bertz CT molecular complexity index is 1220. The molecule has 4 rings (SSSR count). The molecule has 1 N–H and O–H groups in total. The Morgan fingerprint density at radius 2 is 2.15 bits per heavy atom. The van der Waals surface area contributed by atoms with Gasteiger partial charge >= 0.3 is 13.7 Å². The van der Waals surface area contributed by atoms with Crippen LogP contribution in [0.25, 0.3) is 11.1 Å². The molecule has 14 heteroatoms. The van der Waals surface area contributed by atoms with E-state index in [1.165, 1.54) is 22.0 Å². The maximum absolute atomic E-state index is 14.9. The number of carbonyl (C=O) groups excluding carboxylic acids is 1. The predicted octanol–water partition coefficient (Wildman–Crippen LogP) is 2.34. The summed E-state index contributed by atoms with van der Waals surface area (Å²) in [7, 11) is -0.302. The molecule has 3 heterocycles. The normalized spacial score (nSPS) is 17.7. The summed E-state index contributed by atoms with van der Waals surface area (Å²) in [6, 6.07) is 7.77. The number of rotatable bonds is 7. The highest BCUT2D eigenvalue weighted by molar-refractivity contribution is 7.51. The highest BCUT2D eigenvalue weighted by Gasteiger charge is 2.34. The van der Waals surface area contributed by atoms with Crippen molar-refractivity contribution in [2.45, 2.75) is 6.10 Å². The first-order chi connectivity index (χ1) is 15.6. The molecule has 1 fully saturated rings. The molecule has 0 aliphatic carbocycles. The van der Waals surface area contributed by atoms with Crippen molar-refractivity contribution in [2.75, 3.05) is 36.7 Å². The Balaban J connectivity index is 1.47. The smallest absolute Gasteiger partial charge is 0.414 e. The Morgan fingerprint density at radius 3 is 2.76 bits per heavy atom. The average molecular weight is 477 g/mol. The second kappa shape index (κ2) is 8.85. The number of hydrogen-bond donors (Lipinski definition) is 1. The molecular formula is C19H21FN7O5P. The van der Waals surface area contributed by atoms with Crippen molar-refractivity contribution in [3.05, 3.63) is 42.3 Å². The van der Waals surface area contributed by atoms with Crippen molar-refractivity contribution in [1.82, 2.24) is 25.2 Å². The molecule has 1 aliphatic rings. The van der Waals surface area contributed by atoms with Gasteiger partial charge in [-0.25, -0.2) is 14.2 Å². The highest BCUT2D eigenvalue weighted by Crippen LogP contribution is 2.37. The molecule has 0 radical (unpaired) electrons. The van der Waals surface area contributed by atoms with Crippen LogP contribution in [0.5, 0.6) is 0 Å². The van der Waals surface area contributed by atoms with Gasteiger partial charge in [-0.05, 0) is 35.5 Å². The summed E-state index contributed by atoms with van der Waals surface area (Å²) in [5.41, 5.74) is 1.14. The molecule has 2 atom stereocenters. The lowest BCUT2D eigenvalue weighted by atomic mass is 10.1. The molecule has 1 saturated heterocycles. The minimum absolute atomic E-state index is 0.0661. The van der Waals surface area contributed by atoms with Crippen LogP contribution in [0, 0.1) is 5.82 Å². The number of benzene rings is 1. The van der Waals surface area contributed by atoms with Gasteiger partial charge < -0.3 is 14.2 Å². The third-order valence-corrected chi connectivity index (χ3v) is 5.47. The molecule has 12 nitrogen and oxygen atoms in total. The van der Waals surface area contributed by atoms with Gasteiger partial charge in [0.05, 0.1) is 25.9 Å². The van der Waals surface area contributed by atoms with Crippen LogP contribution in [0.2, 0.25) is 0 Å². The van der Waals surface area contributed by atoms with Gasteiger partial charge in [0.2, 0.25) is 0 Å². The average Bonchev–Trinajstić information content (AvgIpc) is 3.37. The molecule has 2 aromatic heterocycles. The largest absolute Gasteiger partial charge is 0.441 e. The van der Waals surface area contributed by atoms with E-state index in [0.29, 0.717) is 28.6 Å². The molecule has 0 saturated carbocycles. The minimum atomic E-state index is -3.69. The fourth-order valence-electron chi connectivity index (χ4n) is 3.20. The first kappa shape index (κ1) is 22.8. The van der Waals surface area contributed by atoms with Gasteiger partial charge in [0, 0.05) is 31.0 Å². The molecule has 1 aromatic carbocycles. The van der Waals surface area contributed by atoms with Crippen molar-refractivity contribution in [2.24, 2.45) is 7.05 Å². The molecular weight excluding hydrogens is 456 g/mol. The monoisotopic (exact) mass is 477 g/mol. The summed E-state index contributed by atoms with van der Waals surface area (Å²) in [5.74, 6) is 0.374. The van der Waals surface area contributed by atoms with Gasteiger partial charge in [0.15, 0.2) is 0 Å². The molecule has 1 amide bonds. The number of aryl methyl sites for hydroxylation is 1. The van der Waals surface area contributed by atoms with Gasteiger partial charge in [-0.2, -0.15) is 4.80 Å². The summed E-state index contributed by atoms with van der Waals surface area (Å²) < 4.78 is 36.1. The van der Waals surface area contributed by atoms with Gasteiger partial charge in [0.25, 0.3) is 5.95 Å². The van der Waals surface area contributed by atoms with Crippen molar-refractivity contribution in [3.8, 4) is 11.1 Å². The number of cyclic esters (lactones) is 1. The third kappa shape index (κ3) is 5.16. The van der Waals surface area contributed by atoms with E-state index in [1.54, 1.807) is 43.3 Å². The number of ether oxygens (including phenoxy) is 1. The Hall–Kier alpha value is -3.41. The van der Waals surface area contributed by atoms with Crippen LogP contribution < -0.4 is 9.80 Å². The maximum Gasteiger partial charge on any atom is 0.414 e. The summed E-state index contributed by atoms with van der Waals surface area (Å²) in [5, 5.41) is 11.8. The number of carbonyl (C=O) groups is 1. The zero-order valence-corrected chi connectivity index (χ0v) is 18.9. The van der Waals surface area contributed by atoms with Crippen LogP contribution in [0.1, 0.15) is 0 Å². The second-order valence-electron chi connectivity index (χ2n) is 7.42. The molecule has 0 spiro atoms. The van der Waals surface area contributed by atoms with Crippen molar-refractivity contribution >= 4 is 31.1 Å². The minimum Gasteiger partial charge on any atom is -0.441 e. The van der Waals surface area contributed by atoms with E-state index in [9.17, 15) is 18.6 Å². The Kier molecular flexibility index (Phi) is 6.11. The predicted molar refractivity (Wildman–Crippen MR) is 116 cm³/mol. The quantitative estimate of drug-likeness (QED) is 0.505. The number of anilines is 3. The van der Waals surface area contributed by atoms with Crippen LogP contribution in [0.15, 0.2) is 36.5 Å². The summed E-state index contributed by atoms with van der Waals surface area (Å²) in [4.78, 5) is 29.9. The molecule has 0 bridgehead atoms. The van der Waals surface area contributed by atoms with E-state index in [2.05, 4.69) is 20.4 Å². The van der Waals surface area contributed by atoms with E-state index in [-0.39, 0.29) is 13.2 Å². The van der Waals surface area contributed by atoms with Gasteiger partial charge in [-0.1, -0.05) is 5.10 Å². The van der Waals surface area contributed by atoms with E-state index >= 15 is 0 Å². The number of amides is 1. The van der Waals surface area contributed by atoms with E-state index < -0.39 is 25.6 Å². The first-order valence-electron chi connectivity index (χ1n) is 9.77. The van der Waals surface area contributed by atoms with Crippen LogP contribution in [-0.2, 0) is 20.9 Å². The van der Waals surface area contributed by atoms with E-state index in [1.807, 2.05) is 0 Å². The fraction of sp³-hybridized carbons (Fsp3) is 0.316. The van der Waals surface area contributed by atoms with E-state index in [4.69, 9.17) is 9.26 Å². The number of tetrazole rings is 1. The lowest BCUT2D eigenvalue weighted by Crippen LogP contribution is -2.25. The van der Waals surface area contributed by atoms with Crippen molar-refractivity contribution in [1.29, 1.82) is 0 Å². The molecule has 33 heavy (non-hydrogen) atoms. The SMILES string of the molecule is CN(c1ccc(-c2ccc(N3C[C@H](COP(C)(=O)O)OC3=O)cc2F)cn1)c1nnn(C)n1. The van der Waals surface area contributed by atoms with Crippen LogP contribution in [-0.4, -0.2) is 69.1 Å². The molecule has 1 aliphatic heterocycles. The summed E-state index contributed by atoms with van der Waals surface area (Å²) in [6.45, 7) is 0.877. The lowest BCUT2D eigenvalue weighted by Gasteiger charge is -2.15. The van der Waals surface area contributed by atoms with Crippen LogP contribution >= 0.6 is 7.60 Å². The summed E-state index contributed by atoms with van der Waals surface area (Å²) in [6.07, 6.45) is 0.0971. The van der Waals surface area contributed by atoms with Gasteiger partial charge in [0.1, 0.15) is 17.7 Å². The lowest BCUT2D eigenvalue weighted by molar-refractivity contribution is 0.100. The number of aromatic nitrogens is 5. The number of hydrogen-bond acceptors (Lipinski definition) is 9. The standard InChI is InChI=1S/C19H21FN7O5P/c1-25(18-22-24-26(2)23-18)17-7-4-12(9-21-17)15-6-5-13(8-16(15)20)27-10-14(32-19(27)28)11-31-33(3,29)30/h4-9,14H,10-11H2,1-3H3,(H,29,30)/t14-/m1/s1. The van der Waals surface area contributed by atoms with E-state index in [0.717, 1.165) is 6.66 Å². The third-order valence-electron chi connectivity index (χ3n) is 4.84. The van der Waals surface area contributed by atoms with Crippen molar-refractivity contribution < 1.29 is 27.9 Å².